The van der Waals surface area contributed by atoms with Crippen LogP contribution in [0.5, 0.6) is 0 Å². The summed E-state index contributed by atoms with van der Waals surface area (Å²) in [4.78, 5) is 13.3. The average Bonchev–Trinajstić information content (AvgIpc) is 2.26. The number of halogens is 1. The number of carbonyl (C=O) groups excluding carboxylic acids is 1. The Hall–Kier alpha value is -0.0900. The van der Waals surface area contributed by atoms with Gasteiger partial charge >= 0.3 is 0 Å². The van der Waals surface area contributed by atoms with Gasteiger partial charge in [-0.3, -0.25) is 4.79 Å². The second-order valence-electron chi connectivity index (χ2n) is 3.49. The maximum absolute atomic E-state index is 11.4. The average molecular weight is 264 g/mol. The van der Waals surface area contributed by atoms with E-state index in [1.54, 1.807) is 0 Å². The fourth-order valence-corrected chi connectivity index (χ4v) is 1.89. The van der Waals surface area contributed by atoms with E-state index in [4.69, 9.17) is 4.74 Å². The maximum Gasteiger partial charge on any atom is 0.222 e. The van der Waals surface area contributed by atoms with Gasteiger partial charge in [-0.05, 0) is 12.8 Å². The fourth-order valence-electron chi connectivity index (χ4n) is 1.71. The third-order valence-corrected chi connectivity index (χ3v) is 2.85. The van der Waals surface area contributed by atoms with Crippen molar-refractivity contribution in [3.05, 3.63) is 0 Å². The Bertz CT molecular complexity index is 179. The number of likely N-dealkylation sites (tertiary alicyclic amines) is 1. The predicted octanol–water partition coefficient (Wildman–Crippen LogP) is 1.80. The Morgan fingerprint density at radius 1 is 1.50 bits per heavy atom. The molecule has 0 N–H and O–H groups in total. The molecule has 1 aliphatic heterocycles. The van der Waals surface area contributed by atoms with Gasteiger partial charge in [-0.15, -0.1) is 0 Å². The highest BCUT2D eigenvalue weighted by atomic mass is 79.9. The summed E-state index contributed by atoms with van der Waals surface area (Å²) in [5.41, 5.74) is 0. The molecular weight excluding hydrogens is 246 g/mol. The first-order valence-electron chi connectivity index (χ1n) is 5.23. The highest BCUT2D eigenvalue weighted by Gasteiger charge is 2.21. The summed E-state index contributed by atoms with van der Waals surface area (Å²) in [6.45, 7) is 4.40. The molecule has 14 heavy (non-hydrogen) atoms. The lowest BCUT2D eigenvalue weighted by Crippen LogP contribution is -2.40. The molecule has 1 rings (SSSR count). The Kier molecular flexibility index (Phi) is 5.48. The summed E-state index contributed by atoms with van der Waals surface area (Å²) in [5.74, 6) is 0.268. The largest absolute Gasteiger partial charge is 0.377 e. The van der Waals surface area contributed by atoms with Crippen LogP contribution in [0.15, 0.2) is 0 Å². The van der Waals surface area contributed by atoms with Crippen molar-refractivity contribution < 1.29 is 9.53 Å². The van der Waals surface area contributed by atoms with Crippen LogP contribution in [0.2, 0.25) is 0 Å². The van der Waals surface area contributed by atoms with Crippen molar-refractivity contribution in [2.24, 2.45) is 0 Å². The molecule has 0 aromatic rings. The third-order valence-electron chi connectivity index (χ3n) is 2.53. The van der Waals surface area contributed by atoms with Crippen LogP contribution in [0, 0.1) is 0 Å². The number of piperidine rings is 1. The molecule has 0 spiro atoms. The van der Waals surface area contributed by atoms with E-state index in [9.17, 15) is 4.79 Å². The zero-order chi connectivity index (χ0) is 10.4. The van der Waals surface area contributed by atoms with Gasteiger partial charge in [-0.1, -0.05) is 22.9 Å². The standard InChI is InChI=1S/C10H18BrNO2/c1-2-10(13)12-6-3-9(4-7-12)14-8-5-11/h9H,2-8H2,1H3. The van der Waals surface area contributed by atoms with Gasteiger partial charge in [0.15, 0.2) is 0 Å². The predicted molar refractivity (Wildman–Crippen MR) is 59.6 cm³/mol. The molecule has 4 heteroatoms. The van der Waals surface area contributed by atoms with Gasteiger partial charge in [0, 0.05) is 24.8 Å². The van der Waals surface area contributed by atoms with Crippen molar-refractivity contribution >= 4 is 21.8 Å². The van der Waals surface area contributed by atoms with Crippen molar-refractivity contribution in [3.63, 3.8) is 0 Å². The minimum absolute atomic E-state index is 0.268. The topological polar surface area (TPSA) is 29.5 Å². The van der Waals surface area contributed by atoms with Gasteiger partial charge in [0.25, 0.3) is 0 Å². The van der Waals surface area contributed by atoms with Gasteiger partial charge in [-0.2, -0.15) is 0 Å². The van der Waals surface area contributed by atoms with Crippen LogP contribution in [0.4, 0.5) is 0 Å². The van der Waals surface area contributed by atoms with Crippen molar-refractivity contribution in [2.75, 3.05) is 25.0 Å². The Morgan fingerprint density at radius 3 is 2.64 bits per heavy atom. The Labute approximate surface area is 93.9 Å². The number of hydrogen-bond acceptors (Lipinski definition) is 2. The number of ether oxygens (including phenoxy) is 1. The van der Waals surface area contributed by atoms with Crippen LogP contribution >= 0.6 is 15.9 Å². The summed E-state index contributed by atoms with van der Waals surface area (Å²) in [5, 5.41) is 0.890. The first kappa shape index (κ1) is 12.0. The molecular formula is C10H18BrNO2. The number of hydrogen-bond donors (Lipinski definition) is 0. The molecule has 0 aromatic heterocycles. The minimum atomic E-state index is 0.268. The van der Waals surface area contributed by atoms with Gasteiger partial charge < -0.3 is 9.64 Å². The van der Waals surface area contributed by atoms with Crippen LogP contribution in [0.25, 0.3) is 0 Å². The zero-order valence-corrected chi connectivity index (χ0v) is 10.3. The van der Waals surface area contributed by atoms with Crippen molar-refractivity contribution in [3.8, 4) is 0 Å². The smallest absolute Gasteiger partial charge is 0.222 e. The van der Waals surface area contributed by atoms with E-state index in [0.717, 1.165) is 37.9 Å². The first-order chi connectivity index (χ1) is 6.77. The molecule has 82 valence electrons. The van der Waals surface area contributed by atoms with Crippen LogP contribution in [0.1, 0.15) is 26.2 Å². The van der Waals surface area contributed by atoms with E-state index in [2.05, 4.69) is 15.9 Å². The van der Waals surface area contributed by atoms with E-state index in [1.807, 2.05) is 11.8 Å². The molecule has 1 heterocycles. The van der Waals surface area contributed by atoms with Gasteiger partial charge in [0.2, 0.25) is 5.91 Å². The van der Waals surface area contributed by atoms with E-state index in [0.29, 0.717) is 12.5 Å². The molecule has 0 aromatic carbocycles. The van der Waals surface area contributed by atoms with Crippen LogP contribution in [0.3, 0.4) is 0 Å². The molecule has 1 fully saturated rings. The number of amides is 1. The van der Waals surface area contributed by atoms with Crippen molar-refractivity contribution in [2.45, 2.75) is 32.3 Å². The highest BCUT2D eigenvalue weighted by molar-refractivity contribution is 9.09. The minimum Gasteiger partial charge on any atom is -0.377 e. The van der Waals surface area contributed by atoms with Gasteiger partial charge in [-0.25, -0.2) is 0 Å². The molecule has 0 atom stereocenters. The molecule has 0 unspecified atom stereocenters. The fraction of sp³-hybridized carbons (Fsp3) is 0.900. The van der Waals surface area contributed by atoms with E-state index in [-0.39, 0.29) is 5.91 Å². The lowest BCUT2D eigenvalue weighted by atomic mass is 10.1. The third kappa shape index (κ3) is 3.58. The van der Waals surface area contributed by atoms with Crippen LogP contribution in [-0.2, 0) is 9.53 Å². The summed E-state index contributed by atoms with van der Waals surface area (Å²) >= 11 is 3.33. The molecule has 3 nitrogen and oxygen atoms in total. The zero-order valence-electron chi connectivity index (χ0n) is 8.67. The molecule has 0 aliphatic carbocycles. The van der Waals surface area contributed by atoms with Gasteiger partial charge in [0.1, 0.15) is 0 Å². The maximum atomic E-state index is 11.4. The molecule has 1 saturated heterocycles. The normalized spacial score (nSPS) is 18.6. The summed E-state index contributed by atoms with van der Waals surface area (Å²) in [6, 6.07) is 0. The lowest BCUT2D eigenvalue weighted by molar-refractivity contribution is -0.133. The van der Waals surface area contributed by atoms with E-state index in [1.165, 1.54) is 0 Å². The van der Waals surface area contributed by atoms with Crippen molar-refractivity contribution in [1.82, 2.24) is 4.90 Å². The van der Waals surface area contributed by atoms with Crippen LogP contribution < -0.4 is 0 Å². The molecule has 0 saturated carbocycles. The van der Waals surface area contributed by atoms with E-state index >= 15 is 0 Å². The number of rotatable bonds is 4. The first-order valence-corrected chi connectivity index (χ1v) is 6.35. The monoisotopic (exact) mass is 263 g/mol. The van der Waals surface area contributed by atoms with E-state index < -0.39 is 0 Å². The number of nitrogens with zero attached hydrogens (tertiary/aromatic N) is 1. The second-order valence-corrected chi connectivity index (χ2v) is 4.29. The van der Waals surface area contributed by atoms with Crippen molar-refractivity contribution in [1.29, 1.82) is 0 Å². The molecule has 0 bridgehead atoms. The van der Waals surface area contributed by atoms with Gasteiger partial charge in [0.05, 0.1) is 12.7 Å². The Balaban J connectivity index is 2.20. The SMILES string of the molecule is CCC(=O)N1CCC(OCCBr)CC1. The summed E-state index contributed by atoms with van der Waals surface area (Å²) in [7, 11) is 0. The molecule has 1 aliphatic rings. The quantitative estimate of drug-likeness (QED) is 0.725. The highest BCUT2D eigenvalue weighted by Crippen LogP contribution is 2.14. The molecule has 1 amide bonds. The number of alkyl halides is 1. The van der Waals surface area contributed by atoms with Crippen LogP contribution in [-0.4, -0.2) is 41.9 Å². The lowest BCUT2D eigenvalue weighted by Gasteiger charge is -2.31. The summed E-state index contributed by atoms with van der Waals surface area (Å²) in [6.07, 6.45) is 2.94. The summed E-state index contributed by atoms with van der Waals surface area (Å²) < 4.78 is 5.61. The Morgan fingerprint density at radius 2 is 2.14 bits per heavy atom. The molecule has 0 radical (unpaired) electrons. The number of carbonyl (C=O) groups is 1. The second kappa shape index (κ2) is 6.40.